The zero-order chi connectivity index (χ0) is 24.8. The quantitative estimate of drug-likeness (QED) is 0.415. The van der Waals surface area contributed by atoms with Gasteiger partial charge in [-0.3, -0.25) is 4.79 Å². The third kappa shape index (κ3) is 4.20. The van der Waals surface area contributed by atoms with Gasteiger partial charge in [0.1, 0.15) is 11.8 Å². The van der Waals surface area contributed by atoms with Crippen molar-refractivity contribution >= 4 is 23.6 Å². The molecule has 0 bridgehead atoms. The molecule has 7 atom stereocenters. The molecule has 188 valence electrons. The summed E-state index contributed by atoms with van der Waals surface area (Å²) >= 11 is 0. The normalized spacial score (nSPS) is 38.9. The van der Waals surface area contributed by atoms with Crippen LogP contribution in [0.4, 0.5) is 4.79 Å². The van der Waals surface area contributed by atoms with Crippen molar-refractivity contribution < 1.29 is 24.3 Å². The number of fused-ring (bicyclic) bond motifs is 5. The lowest BCUT2D eigenvalue weighted by atomic mass is 9.46. The summed E-state index contributed by atoms with van der Waals surface area (Å²) in [6, 6.07) is -0.944. The van der Waals surface area contributed by atoms with Crippen LogP contribution in [0, 0.1) is 40.4 Å². The maximum absolute atomic E-state index is 12.4. The lowest BCUT2D eigenvalue weighted by Gasteiger charge is -2.58. The number of carboxylic acid groups (broad SMARTS) is 1. The molecule has 4 rings (SSSR count). The fourth-order valence-corrected chi connectivity index (χ4v) is 8.10. The molecule has 0 aromatic rings. The van der Waals surface area contributed by atoms with E-state index >= 15 is 0 Å². The van der Waals surface area contributed by atoms with Crippen LogP contribution >= 0.6 is 0 Å². The Hall–Kier alpha value is -2.18. The molecule has 3 saturated carbocycles. The minimum atomic E-state index is -1.25. The lowest BCUT2D eigenvalue weighted by molar-refractivity contribution is -0.147. The van der Waals surface area contributed by atoms with Crippen molar-refractivity contribution in [2.75, 3.05) is 0 Å². The third-order valence-electron chi connectivity index (χ3n) is 9.92. The van der Waals surface area contributed by atoms with Gasteiger partial charge in [0.25, 0.3) is 0 Å². The molecular formula is C27H40N2O5. The van der Waals surface area contributed by atoms with E-state index in [1.165, 1.54) is 18.4 Å². The number of oxime groups is 1. The largest absolute Gasteiger partial charge is 0.465 e. The minimum absolute atomic E-state index is 0.132. The Labute approximate surface area is 202 Å². The van der Waals surface area contributed by atoms with Gasteiger partial charge >= 0.3 is 12.1 Å². The summed E-state index contributed by atoms with van der Waals surface area (Å²) in [5.74, 6) is 1.64. The average Bonchev–Trinajstić information content (AvgIpc) is 3.13. The van der Waals surface area contributed by atoms with Crippen LogP contribution < -0.4 is 5.32 Å². The molecular weight excluding hydrogens is 432 g/mol. The Morgan fingerprint density at radius 2 is 1.82 bits per heavy atom. The predicted molar refractivity (Wildman–Crippen MR) is 129 cm³/mol. The first-order valence-corrected chi connectivity index (χ1v) is 13.0. The molecule has 7 heteroatoms. The first-order chi connectivity index (χ1) is 16.0. The zero-order valence-corrected chi connectivity index (χ0v) is 21.2. The van der Waals surface area contributed by atoms with E-state index in [4.69, 9.17) is 9.94 Å². The highest BCUT2D eigenvalue weighted by molar-refractivity contribution is 5.97. The van der Waals surface area contributed by atoms with E-state index in [0.717, 1.165) is 44.2 Å². The minimum Gasteiger partial charge on any atom is -0.465 e. The Kier molecular flexibility index (Phi) is 6.69. The number of carbonyl (C=O) groups excluding carboxylic acids is 2. The number of ketones is 1. The average molecular weight is 473 g/mol. The summed E-state index contributed by atoms with van der Waals surface area (Å²) in [6.45, 7) is 10.1. The third-order valence-corrected chi connectivity index (χ3v) is 9.92. The van der Waals surface area contributed by atoms with Crippen molar-refractivity contribution in [2.45, 2.75) is 92.0 Å². The van der Waals surface area contributed by atoms with Crippen molar-refractivity contribution in [3.05, 3.63) is 11.6 Å². The van der Waals surface area contributed by atoms with E-state index in [1.54, 1.807) is 20.8 Å². The highest BCUT2D eigenvalue weighted by Crippen LogP contribution is 2.66. The maximum Gasteiger partial charge on any atom is 0.405 e. The van der Waals surface area contributed by atoms with Crippen LogP contribution in [-0.2, 0) is 14.4 Å². The number of rotatable bonds is 5. The highest BCUT2D eigenvalue weighted by Gasteiger charge is 2.59. The number of Topliss-reactive ketones (excluding diaryl/α,β-unsaturated/α-hetero) is 1. The Morgan fingerprint density at radius 3 is 2.47 bits per heavy atom. The highest BCUT2D eigenvalue weighted by atomic mass is 16.7. The van der Waals surface area contributed by atoms with Gasteiger partial charge in [0.15, 0.2) is 0 Å². The van der Waals surface area contributed by atoms with Crippen LogP contribution in [0.3, 0.4) is 0 Å². The first kappa shape index (κ1) is 24.9. The maximum atomic E-state index is 12.4. The second kappa shape index (κ2) is 9.12. The molecule has 0 unspecified atom stereocenters. The van der Waals surface area contributed by atoms with Gasteiger partial charge in [0.05, 0.1) is 5.71 Å². The number of allylic oxidation sites excluding steroid dienone is 2. The SMILES string of the molecule is CC(=O)[C@H]1CC[C@H]2[C@@H]3CCC4=CC(=NOC(=O)[C@@H](NC(=O)O)C(C)C)CC[C@]4(C)[C@H]3CC[C@]12C. The standard InChI is InChI=1S/C27H40N2O5/c1-15(2)23(28-25(32)33)24(31)34-29-18-10-12-26(4)17(14-18)6-7-19-21-9-8-20(16(3)30)27(21,5)13-11-22(19)26/h14-15,19-23,28H,6-13H2,1-5H3,(H,32,33)/t19-,20+,21-,22-,23-,26-,27+/m0/s1. The number of nitrogens with one attached hydrogen (secondary N) is 1. The Balaban J connectivity index is 1.48. The van der Waals surface area contributed by atoms with E-state index in [0.29, 0.717) is 23.5 Å². The molecule has 0 aromatic carbocycles. The Bertz CT molecular complexity index is 924. The van der Waals surface area contributed by atoms with Crippen LogP contribution in [0.25, 0.3) is 0 Å². The molecule has 0 aromatic heterocycles. The molecule has 0 saturated heterocycles. The van der Waals surface area contributed by atoms with Crippen LogP contribution in [0.5, 0.6) is 0 Å². The molecule has 3 fully saturated rings. The number of hydrogen-bond donors (Lipinski definition) is 2. The number of carbonyl (C=O) groups is 3. The molecule has 0 radical (unpaired) electrons. The molecule has 0 aliphatic heterocycles. The second-order valence-corrected chi connectivity index (χ2v) is 12.0. The van der Waals surface area contributed by atoms with Crippen molar-refractivity contribution in [1.29, 1.82) is 0 Å². The molecule has 2 N–H and O–H groups in total. The summed E-state index contributed by atoms with van der Waals surface area (Å²) in [5, 5.41) is 15.3. The summed E-state index contributed by atoms with van der Waals surface area (Å²) in [7, 11) is 0. The van der Waals surface area contributed by atoms with E-state index in [2.05, 4.69) is 30.4 Å². The summed E-state index contributed by atoms with van der Waals surface area (Å²) in [4.78, 5) is 40.9. The van der Waals surface area contributed by atoms with E-state index in [9.17, 15) is 14.4 Å². The molecule has 0 spiro atoms. The van der Waals surface area contributed by atoms with Gasteiger partial charge in [-0.1, -0.05) is 38.4 Å². The Morgan fingerprint density at radius 1 is 1.09 bits per heavy atom. The van der Waals surface area contributed by atoms with Crippen molar-refractivity contribution in [2.24, 2.45) is 45.6 Å². The van der Waals surface area contributed by atoms with Crippen LogP contribution in [-0.4, -0.2) is 34.7 Å². The lowest BCUT2D eigenvalue weighted by Crippen LogP contribution is -2.51. The van der Waals surface area contributed by atoms with Crippen LogP contribution in [0.1, 0.15) is 86.0 Å². The topological polar surface area (TPSA) is 105 Å². The van der Waals surface area contributed by atoms with Gasteiger partial charge in [0.2, 0.25) is 0 Å². The molecule has 7 nitrogen and oxygen atoms in total. The molecule has 0 heterocycles. The van der Waals surface area contributed by atoms with Crippen molar-refractivity contribution in [3.63, 3.8) is 0 Å². The van der Waals surface area contributed by atoms with Crippen LogP contribution in [0.2, 0.25) is 0 Å². The van der Waals surface area contributed by atoms with Crippen LogP contribution in [0.15, 0.2) is 16.8 Å². The van der Waals surface area contributed by atoms with Gasteiger partial charge in [0, 0.05) is 5.92 Å². The summed E-state index contributed by atoms with van der Waals surface area (Å²) < 4.78 is 0. The smallest absolute Gasteiger partial charge is 0.405 e. The summed E-state index contributed by atoms with van der Waals surface area (Å²) in [6.07, 6.45) is 9.32. The molecule has 4 aliphatic carbocycles. The monoisotopic (exact) mass is 472 g/mol. The molecule has 34 heavy (non-hydrogen) atoms. The van der Waals surface area contributed by atoms with Gasteiger partial charge < -0.3 is 15.3 Å². The fourth-order valence-electron chi connectivity index (χ4n) is 8.10. The van der Waals surface area contributed by atoms with Crippen molar-refractivity contribution in [3.8, 4) is 0 Å². The number of nitrogens with zero attached hydrogens (tertiary/aromatic N) is 1. The predicted octanol–water partition coefficient (Wildman–Crippen LogP) is 5.35. The molecule has 4 aliphatic rings. The van der Waals surface area contributed by atoms with Crippen molar-refractivity contribution in [1.82, 2.24) is 5.32 Å². The second-order valence-electron chi connectivity index (χ2n) is 12.0. The van der Waals surface area contributed by atoms with Gasteiger partial charge in [-0.2, -0.15) is 0 Å². The van der Waals surface area contributed by atoms with E-state index in [1.807, 2.05) is 0 Å². The van der Waals surface area contributed by atoms with Gasteiger partial charge in [-0.25, -0.2) is 9.59 Å². The van der Waals surface area contributed by atoms with Gasteiger partial charge in [-0.05, 0) is 98.9 Å². The number of hydrogen-bond acceptors (Lipinski definition) is 5. The summed E-state index contributed by atoms with van der Waals surface area (Å²) in [5.41, 5.74) is 2.46. The molecule has 1 amide bonds. The van der Waals surface area contributed by atoms with E-state index in [-0.39, 0.29) is 22.7 Å². The first-order valence-electron chi connectivity index (χ1n) is 13.0. The zero-order valence-electron chi connectivity index (χ0n) is 21.2. The fraction of sp³-hybridized carbons (Fsp3) is 0.778. The van der Waals surface area contributed by atoms with Gasteiger partial charge in [-0.15, -0.1) is 0 Å². The van der Waals surface area contributed by atoms with E-state index < -0.39 is 18.1 Å². The number of amides is 1.